The van der Waals surface area contributed by atoms with Crippen molar-refractivity contribution in [3.8, 4) is 0 Å². The molecule has 0 aliphatic carbocycles. The zero-order valence-corrected chi connectivity index (χ0v) is 12.9. The number of amides is 2. The number of hydrogen-bond donors (Lipinski definition) is 1. The summed E-state index contributed by atoms with van der Waals surface area (Å²) in [5, 5.41) is 3.45. The van der Waals surface area contributed by atoms with Crippen LogP contribution < -0.4 is 0 Å². The largest absolute Gasteiger partial charge is 0.278 e. The molecule has 0 heterocycles. The summed E-state index contributed by atoms with van der Waals surface area (Å²) < 4.78 is 7.33. The molecule has 0 fully saturated rings. The van der Waals surface area contributed by atoms with Gasteiger partial charge in [-0.05, 0) is 30.0 Å². The van der Waals surface area contributed by atoms with Crippen LogP contribution in [0.3, 0.4) is 0 Å². The first-order valence-electron chi connectivity index (χ1n) is 7.27. The van der Waals surface area contributed by atoms with Crippen molar-refractivity contribution in [1.82, 2.24) is 4.90 Å². The predicted molar refractivity (Wildman–Crippen MR) is 89.2 cm³/mol. The fraction of sp³-hybridized carbons (Fsp3) is 0.118. The molecular weight excluding hydrogens is 296 g/mol. The van der Waals surface area contributed by atoms with Crippen LogP contribution in [0.2, 0.25) is 1.41 Å². The number of carbonyl (C=O) groups excluding carboxylic acids is 2. The van der Waals surface area contributed by atoms with Gasteiger partial charge < -0.3 is 0 Å². The smallest absolute Gasteiger partial charge is 0.266 e. The zero-order chi connectivity index (χ0) is 16.7. The molecule has 2 rings (SSSR count). The van der Waals surface area contributed by atoms with E-state index in [1.54, 1.807) is 60.7 Å². The lowest BCUT2D eigenvalue weighted by molar-refractivity contribution is 0.0716. The van der Waals surface area contributed by atoms with Crippen molar-refractivity contribution in [3.63, 3.8) is 0 Å². The maximum absolute atomic E-state index is 12.8. The average Bonchev–Trinajstić information content (AvgIpc) is 2.62. The van der Waals surface area contributed by atoms with Crippen molar-refractivity contribution < 1.29 is 11.0 Å². The lowest BCUT2D eigenvalue weighted by atomic mass is 10.1. The second-order valence-electron chi connectivity index (χ2n) is 4.39. The highest BCUT2D eigenvalue weighted by atomic mass is 32.2. The van der Waals surface area contributed by atoms with Crippen molar-refractivity contribution in [1.29, 1.82) is 5.40 Å². The Balaban J connectivity index is 2.44. The summed E-state index contributed by atoms with van der Waals surface area (Å²) in [5.41, 5.74) is 0.740. The lowest BCUT2D eigenvalue weighted by Gasteiger charge is -2.20. The maximum atomic E-state index is 12.8. The van der Waals surface area contributed by atoms with Gasteiger partial charge in [-0.15, -0.1) is 0 Å². The minimum Gasteiger partial charge on any atom is -0.278 e. The Morgan fingerprint density at radius 2 is 1.45 bits per heavy atom. The Morgan fingerprint density at radius 1 is 1.00 bits per heavy atom. The fourth-order valence-electron chi connectivity index (χ4n) is 1.88. The Bertz CT molecular complexity index is 654. The SMILES string of the molecule is [H]/N=C(/SCC)N(C(=O)c1ccccc1)C(=O)c1ccccc1. The monoisotopic (exact) mass is 312 g/mol. The van der Waals surface area contributed by atoms with E-state index in [0.717, 1.165) is 4.90 Å². The quantitative estimate of drug-likeness (QED) is 0.534. The van der Waals surface area contributed by atoms with Crippen LogP contribution in [0.4, 0.5) is 0 Å². The van der Waals surface area contributed by atoms with Crippen LogP contribution in [-0.4, -0.2) is 27.6 Å². The predicted octanol–water partition coefficient (Wildman–Crippen LogP) is 3.66. The van der Waals surface area contributed by atoms with Gasteiger partial charge >= 0.3 is 0 Å². The van der Waals surface area contributed by atoms with Crippen LogP contribution in [0.1, 0.15) is 27.6 Å². The minimum absolute atomic E-state index is 0.0650. The van der Waals surface area contributed by atoms with Gasteiger partial charge in [0.05, 0.1) is 0 Å². The Morgan fingerprint density at radius 3 is 1.82 bits per heavy atom. The van der Waals surface area contributed by atoms with Crippen molar-refractivity contribution in [2.45, 2.75) is 6.92 Å². The third-order valence-corrected chi connectivity index (χ3v) is 3.64. The number of carbonyl (C=O) groups is 2. The fourth-order valence-corrected chi connectivity index (χ4v) is 2.43. The molecule has 2 aromatic rings. The van der Waals surface area contributed by atoms with Crippen LogP contribution in [0.15, 0.2) is 60.7 Å². The van der Waals surface area contributed by atoms with Gasteiger partial charge in [0.15, 0.2) is 6.58 Å². The standard InChI is InChI=1S/C17H16N2O2S/c1-2-22-17(18)19(15(20)13-9-5-3-6-10-13)16(21)14-11-7-4-8-12-14/h3-12,18H,2H2,1H3/b18-17+. The zero-order valence-electron chi connectivity index (χ0n) is 13.1. The Labute approximate surface area is 135 Å². The summed E-state index contributed by atoms with van der Waals surface area (Å²) in [6.45, 7) is 1.87. The summed E-state index contributed by atoms with van der Waals surface area (Å²) in [6, 6.07) is 17.0. The molecule has 0 spiro atoms. The first-order valence-corrected chi connectivity index (χ1v) is 7.81. The highest BCUT2D eigenvalue weighted by Crippen LogP contribution is 2.16. The molecule has 0 aliphatic heterocycles. The normalized spacial score (nSPS) is 11.7. The van der Waals surface area contributed by atoms with Crippen molar-refractivity contribution in [2.24, 2.45) is 0 Å². The molecule has 5 heteroatoms. The molecule has 0 unspecified atom stereocenters. The van der Waals surface area contributed by atoms with E-state index in [2.05, 4.69) is 5.40 Å². The molecule has 0 saturated carbocycles. The summed E-state index contributed by atoms with van der Waals surface area (Å²) >= 11 is 1.18. The molecule has 2 amide bonds. The van der Waals surface area contributed by atoms with Crippen LogP contribution >= 0.6 is 11.8 Å². The second-order valence-corrected chi connectivity index (χ2v) is 5.62. The topological polar surface area (TPSA) is 61.2 Å². The Hall–Kier alpha value is -2.40. The summed E-state index contributed by atoms with van der Waals surface area (Å²) in [4.78, 5) is 26.5. The summed E-state index contributed by atoms with van der Waals surface area (Å²) in [6.07, 6.45) is 0. The molecule has 0 aliphatic rings. The highest BCUT2D eigenvalue weighted by molar-refractivity contribution is 8.13. The molecule has 1 N–H and O–H groups in total. The van der Waals surface area contributed by atoms with Gasteiger partial charge in [-0.2, -0.15) is 0 Å². The van der Waals surface area contributed by atoms with E-state index in [-0.39, 0.29) is 5.17 Å². The summed E-state index contributed by atoms with van der Waals surface area (Å²) in [5.74, 6) is -0.393. The van der Waals surface area contributed by atoms with Gasteiger partial charge in [0.25, 0.3) is 11.8 Å². The third-order valence-electron chi connectivity index (χ3n) is 2.91. The minimum atomic E-state index is -0.494. The van der Waals surface area contributed by atoms with Gasteiger partial charge in [-0.1, -0.05) is 55.1 Å². The van der Waals surface area contributed by atoms with Gasteiger partial charge in [-0.25, -0.2) is 4.90 Å². The maximum Gasteiger partial charge on any atom is 0.266 e. The average molecular weight is 312 g/mol. The molecular formula is C17H16N2O2S. The molecule has 0 aromatic heterocycles. The third kappa shape index (κ3) is 3.62. The van der Waals surface area contributed by atoms with E-state index in [0.29, 0.717) is 16.9 Å². The summed E-state index contributed by atoms with van der Waals surface area (Å²) in [7, 11) is 0. The second kappa shape index (κ2) is 7.56. The number of benzene rings is 2. The van der Waals surface area contributed by atoms with Gasteiger partial charge in [0.1, 0.15) is 0 Å². The van der Waals surface area contributed by atoms with Crippen LogP contribution in [0.5, 0.6) is 0 Å². The van der Waals surface area contributed by atoms with E-state index in [1.807, 2.05) is 6.92 Å². The molecule has 0 radical (unpaired) electrons. The molecule has 4 nitrogen and oxygen atoms in total. The first-order chi connectivity index (χ1) is 11.2. The van der Waals surface area contributed by atoms with Gasteiger partial charge in [-0.3, -0.25) is 15.0 Å². The van der Waals surface area contributed by atoms with Crippen LogP contribution in [0.25, 0.3) is 0 Å². The van der Waals surface area contributed by atoms with E-state index in [9.17, 15) is 9.59 Å². The van der Waals surface area contributed by atoms with Crippen molar-refractivity contribution >= 4 is 28.7 Å². The molecule has 22 heavy (non-hydrogen) atoms. The number of thioether (sulfide) groups is 1. The number of nitrogens with one attached hydrogen (secondary N) is 1. The van der Waals surface area contributed by atoms with Crippen LogP contribution in [0, 0.1) is 5.40 Å². The number of rotatable bonds is 3. The van der Waals surface area contributed by atoms with E-state index >= 15 is 0 Å². The van der Waals surface area contributed by atoms with E-state index in [4.69, 9.17) is 1.41 Å². The van der Waals surface area contributed by atoms with Crippen molar-refractivity contribution in [3.05, 3.63) is 71.8 Å². The number of amidine groups is 1. The lowest BCUT2D eigenvalue weighted by Crippen LogP contribution is -2.40. The molecule has 112 valence electrons. The van der Waals surface area contributed by atoms with Crippen LogP contribution in [-0.2, 0) is 0 Å². The van der Waals surface area contributed by atoms with Gasteiger partial charge in [0.2, 0.25) is 0 Å². The van der Waals surface area contributed by atoms with Gasteiger partial charge in [0, 0.05) is 11.1 Å². The molecule has 0 atom stereocenters. The number of hydrogen-bond acceptors (Lipinski definition) is 4. The molecule has 0 saturated heterocycles. The first kappa shape index (κ1) is 14.5. The molecule has 0 bridgehead atoms. The number of nitrogens with zero attached hydrogens (tertiary/aromatic N) is 1. The molecule has 2 aromatic carbocycles. The van der Waals surface area contributed by atoms with Crippen molar-refractivity contribution in [2.75, 3.05) is 5.75 Å². The highest BCUT2D eigenvalue weighted by Gasteiger charge is 2.27. The van der Waals surface area contributed by atoms with E-state index in [1.165, 1.54) is 11.8 Å². The van der Waals surface area contributed by atoms with E-state index < -0.39 is 11.8 Å². The Kier molecular flexibility index (Phi) is 5.00. The number of imide groups is 1.